The zero-order chi connectivity index (χ0) is 16.1. The minimum absolute atomic E-state index is 0.0953. The summed E-state index contributed by atoms with van der Waals surface area (Å²) in [6.45, 7) is 0.508. The highest BCUT2D eigenvalue weighted by Crippen LogP contribution is 2.19. The third-order valence-electron chi connectivity index (χ3n) is 3.36. The Balaban J connectivity index is 1.57. The van der Waals surface area contributed by atoms with E-state index in [0.29, 0.717) is 23.7 Å². The van der Waals surface area contributed by atoms with E-state index in [2.05, 4.69) is 15.5 Å². The molecule has 0 aliphatic carbocycles. The average Bonchev–Trinajstić information content (AvgIpc) is 3.01. The van der Waals surface area contributed by atoms with Gasteiger partial charge in [0.15, 0.2) is 0 Å². The van der Waals surface area contributed by atoms with Gasteiger partial charge in [-0.05, 0) is 23.3 Å². The number of hydrogen-bond acceptors (Lipinski definition) is 5. The lowest BCUT2D eigenvalue weighted by Gasteiger charge is -2.06. The van der Waals surface area contributed by atoms with Crippen molar-refractivity contribution in [2.45, 2.75) is 6.42 Å². The van der Waals surface area contributed by atoms with Gasteiger partial charge in [0.25, 0.3) is 5.91 Å². The molecule has 2 aromatic carbocycles. The van der Waals surface area contributed by atoms with Gasteiger partial charge in [-0.25, -0.2) is 0 Å². The van der Waals surface area contributed by atoms with Crippen LogP contribution in [0.3, 0.4) is 0 Å². The first-order valence-electron chi connectivity index (χ1n) is 7.24. The SMILES string of the molecule is Nc1nnc(CCNC(=O)c2ccc(-c3ccccc3)cc2)s1. The van der Waals surface area contributed by atoms with Crippen LogP contribution >= 0.6 is 11.3 Å². The summed E-state index contributed by atoms with van der Waals surface area (Å²) in [7, 11) is 0. The molecule has 5 nitrogen and oxygen atoms in total. The standard InChI is InChI=1S/C17H16N4OS/c18-17-21-20-15(23-17)10-11-19-16(22)14-8-6-13(7-9-14)12-4-2-1-3-5-12/h1-9H,10-11H2,(H2,18,21)(H,19,22). The van der Waals surface area contributed by atoms with Crippen LogP contribution in [0.5, 0.6) is 0 Å². The Bertz CT molecular complexity index is 784. The van der Waals surface area contributed by atoms with Crippen LogP contribution in [-0.2, 0) is 6.42 Å². The number of nitrogen functional groups attached to an aromatic ring is 1. The number of carbonyl (C=O) groups is 1. The van der Waals surface area contributed by atoms with Gasteiger partial charge in [-0.15, -0.1) is 10.2 Å². The van der Waals surface area contributed by atoms with Crippen molar-refractivity contribution in [2.75, 3.05) is 12.3 Å². The van der Waals surface area contributed by atoms with E-state index in [1.807, 2.05) is 54.6 Å². The van der Waals surface area contributed by atoms with Gasteiger partial charge in [0.1, 0.15) is 5.01 Å². The van der Waals surface area contributed by atoms with Gasteiger partial charge >= 0.3 is 0 Å². The molecule has 0 atom stereocenters. The molecule has 6 heteroatoms. The van der Waals surface area contributed by atoms with E-state index in [1.165, 1.54) is 11.3 Å². The second-order valence-electron chi connectivity index (χ2n) is 4.98. The summed E-state index contributed by atoms with van der Waals surface area (Å²) in [4.78, 5) is 12.1. The molecular weight excluding hydrogens is 308 g/mol. The summed E-state index contributed by atoms with van der Waals surface area (Å²) in [5.41, 5.74) is 8.38. The summed E-state index contributed by atoms with van der Waals surface area (Å²) >= 11 is 1.34. The maximum absolute atomic E-state index is 12.1. The number of hydrogen-bond donors (Lipinski definition) is 2. The molecule has 0 radical (unpaired) electrons. The van der Waals surface area contributed by atoms with Gasteiger partial charge in [0.05, 0.1) is 0 Å². The number of amides is 1. The molecule has 1 amide bonds. The number of nitrogens with zero attached hydrogens (tertiary/aromatic N) is 2. The van der Waals surface area contributed by atoms with Crippen molar-refractivity contribution < 1.29 is 4.79 Å². The van der Waals surface area contributed by atoms with E-state index >= 15 is 0 Å². The number of aromatic nitrogens is 2. The predicted octanol–water partition coefficient (Wildman–Crippen LogP) is 2.76. The van der Waals surface area contributed by atoms with E-state index in [9.17, 15) is 4.79 Å². The van der Waals surface area contributed by atoms with E-state index < -0.39 is 0 Å². The first-order valence-corrected chi connectivity index (χ1v) is 8.05. The van der Waals surface area contributed by atoms with Crippen LogP contribution in [0.2, 0.25) is 0 Å². The zero-order valence-electron chi connectivity index (χ0n) is 12.4. The van der Waals surface area contributed by atoms with Crippen molar-refractivity contribution in [3.63, 3.8) is 0 Å². The van der Waals surface area contributed by atoms with Crippen molar-refractivity contribution in [3.05, 3.63) is 65.2 Å². The fraction of sp³-hybridized carbons (Fsp3) is 0.118. The number of nitrogens with two attached hydrogens (primary N) is 1. The van der Waals surface area contributed by atoms with Crippen LogP contribution in [-0.4, -0.2) is 22.6 Å². The lowest BCUT2D eigenvalue weighted by atomic mass is 10.0. The minimum atomic E-state index is -0.0953. The number of carbonyl (C=O) groups excluding carboxylic acids is 1. The Kier molecular flexibility index (Phi) is 4.63. The molecule has 1 heterocycles. The normalized spacial score (nSPS) is 10.4. The Morgan fingerprint density at radius 3 is 2.35 bits per heavy atom. The van der Waals surface area contributed by atoms with Crippen molar-refractivity contribution in [3.8, 4) is 11.1 Å². The molecule has 116 valence electrons. The van der Waals surface area contributed by atoms with E-state index in [0.717, 1.165) is 16.1 Å². The molecule has 0 saturated carbocycles. The molecule has 0 fully saturated rings. The van der Waals surface area contributed by atoms with Gasteiger partial charge in [0.2, 0.25) is 5.13 Å². The first-order chi connectivity index (χ1) is 11.2. The molecule has 0 spiro atoms. The number of rotatable bonds is 5. The van der Waals surface area contributed by atoms with Crippen LogP contribution in [0.25, 0.3) is 11.1 Å². The number of nitrogens with one attached hydrogen (secondary N) is 1. The topological polar surface area (TPSA) is 80.9 Å². The largest absolute Gasteiger partial charge is 0.374 e. The second-order valence-corrected chi connectivity index (χ2v) is 6.08. The molecular formula is C17H16N4OS. The third kappa shape index (κ3) is 3.92. The number of anilines is 1. The quantitative estimate of drug-likeness (QED) is 0.756. The molecule has 0 aliphatic rings. The average molecular weight is 324 g/mol. The monoisotopic (exact) mass is 324 g/mol. The van der Waals surface area contributed by atoms with Crippen LogP contribution in [0.1, 0.15) is 15.4 Å². The van der Waals surface area contributed by atoms with Crippen LogP contribution in [0, 0.1) is 0 Å². The smallest absolute Gasteiger partial charge is 0.251 e. The summed E-state index contributed by atoms with van der Waals surface area (Å²) in [6.07, 6.45) is 0.628. The highest BCUT2D eigenvalue weighted by atomic mass is 32.1. The van der Waals surface area contributed by atoms with E-state index in [1.54, 1.807) is 0 Å². The van der Waals surface area contributed by atoms with Crippen molar-refractivity contribution >= 4 is 22.4 Å². The van der Waals surface area contributed by atoms with E-state index in [-0.39, 0.29) is 5.91 Å². The summed E-state index contributed by atoms with van der Waals surface area (Å²) in [5, 5.41) is 11.8. The Hall–Kier alpha value is -2.73. The maximum atomic E-state index is 12.1. The molecule has 23 heavy (non-hydrogen) atoms. The molecule has 1 aromatic heterocycles. The number of benzene rings is 2. The highest BCUT2D eigenvalue weighted by Gasteiger charge is 2.07. The summed E-state index contributed by atoms with van der Waals surface area (Å²) < 4.78 is 0. The summed E-state index contributed by atoms with van der Waals surface area (Å²) in [6, 6.07) is 17.6. The second kappa shape index (κ2) is 7.02. The highest BCUT2D eigenvalue weighted by molar-refractivity contribution is 7.15. The molecule has 3 rings (SSSR count). The van der Waals surface area contributed by atoms with Crippen LogP contribution in [0.4, 0.5) is 5.13 Å². The first kappa shape index (κ1) is 15.2. The Morgan fingerprint density at radius 1 is 1.00 bits per heavy atom. The zero-order valence-corrected chi connectivity index (χ0v) is 13.2. The fourth-order valence-corrected chi connectivity index (χ4v) is 2.81. The lowest BCUT2D eigenvalue weighted by Crippen LogP contribution is -2.25. The van der Waals surface area contributed by atoms with Gasteiger partial charge in [-0.3, -0.25) is 4.79 Å². The van der Waals surface area contributed by atoms with E-state index in [4.69, 9.17) is 5.73 Å². The Labute approximate surface area is 138 Å². The predicted molar refractivity (Wildman–Crippen MR) is 92.2 cm³/mol. The minimum Gasteiger partial charge on any atom is -0.374 e. The molecule has 0 bridgehead atoms. The fourth-order valence-electron chi connectivity index (χ4n) is 2.20. The molecule has 3 N–H and O–H groups in total. The summed E-state index contributed by atoms with van der Waals surface area (Å²) in [5.74, 6) is -0.0953. The van der Waals surface area contributed by atoms with Crippen LogP contribution < -0.4 is 11.1 Å². The van der Waals surface area contributed by atoms with Crippen molar-refractivity contribution in [1.82, 2.24) is 15.5 Å². The van der Waals surface area contributed by atoms with Crippen LogP contribution in [0.15, 0.2) is 54.6 Å². The van der Waals surface area contributed by atoms with Gasteiger partial charge in [-0.2, -0.15) is 0 Å². The van der Waals surface area contributed by atoms with Gasteiger partial charge in [0, 0.05) is 18.5 Å². The van der Waals surface area contributed by atoms with Crippen molar-refractivity contribution in [1.29, 1.82) is 0 Å². The molecule has 0 aliphatic heterocycles. The van der Waals surface area contributed by atoms with Gasteiger partial charge in [-0.1, -0.05) is 53.8 Å². The van der Waals surface area contributed by atoms with Crippen molar-refractivity contribution in [2.24, 2.45) is 0 Å². The lowest BCUT2D eigenvalue weighted by molar-refractivity contribution is 0.0954. The maximum Gasteiger partial charge on any atom is 0.251 e. The molecule has 0 unspecified atom stereocenters. The Morgan fingerprint density at radius 2 is 1.70 bits per heavy atom. The van der Waals surface area contributed by atoms with Gasteiger partial charge < -0.3 is 11.1 Å². The molecule has 0 saturated heterocycles. The third-order valence-corrected chi connectivity index (χ3v) is 4.17. The molecule has 3 aromatic rings.